The minimum Gasteiger partial charge on any atom is -0.459 e. The Morgan fingerprint density at radius 3 is 2.74 bits per heavy atom. The molecule has 5 heteroatoms. The van der Waals surface area contributed by atoms with Gasteiger partial charge in [0.15, 0.2) is 5.76 Å². The number of benzene rings is 1. The van der Waals surface area contributed by atoms with Gasteiger partial charge in [-0.1, -0.05) is 36.1 Å². The van der Waals surface area contributed by atoms with Gasteiger partial charge < -0.3 is 9.32 Å². The minimum atomic E-state index is -0.0801. The molecule has 1 aliphatic rings. The summed E-state index contributed by atoms with van der Waals surface area (Å²) in [6, 6.07) is 9.98. The lowest BCUT2D eigenvalue weighted by molar-refractivity contribution is 0.0631. The van der Waals surface area contributed by atoms with Crippen molar-refractivity contribution in [3.63, 3.8) is 0 Å². The number of fused-ring (bicyclic) bond motifs is 1. The summed E-state index contributed by atoms with van der Waals surface area (Å²) in [7, 11) is 0. The molecule has 2 aromatic heterocycles. The van der Waals surface area contributed by atoms with Crippen molar-refractivity contribution in [1.29, 1.82) is 0 Å². The van der Waals surface area contributed by atoms with Crippen molar-refractivity contribution in [3.8, 4) is 0 Å². The van der Waals surface area contributed by atoms with E-state index in [9.17, 15) is 4.79 Å². The van der Waals surface area contributed by atoms with Crippen molar-refractivity contribution in [2.45, 2.75) is 52.1 Å². The number of halogens is 1. The summed E-state index contributed by atoms with van der Waals surface area (Å²) >= 11 is 6.52. The van der Waals surface area contributed by atoms with Crippen molar-refractivity contribution in [2.75, 3.05) is 0 Å². The first-order valence-corrected chi connectivity index (χ1v) is 9.81. The molecular formula is C22H23ClN2O2. The quantitative estimate of drug-likeness (QED) is 0.545. The van der Waals surface area contributed by atoms with Crippen molar-refractivity contribution < 1.29 is 9.21 Å². The maximum absolute atomic E-state index is 13.0. The van der Waals surface area contributed by atoms with E-state index in [1.807, 2.05) is 11.8 Å². The Kier molecular flexibility index (Phi) is 4.92. The van der Waals surface area contributed by atoms with E-state index in [1.165, 1.54) is 11.8 Å². The Balaban J connectivity index is 1.72. The second kappa shape index (κ2) is 7.35. The van der Waals surface area contributed by atoms with Gasteiger partial charge in [0.1, 0.15) is 5.15 Å². The zero-order chi connectivity index (χ0) is 19.0. The average Bonchev–Trinajstić information content (AvgIpc) is 3.34. The molecule has 0 N–H and O–H groups in total. The highest BCUT2D eigenvalue weighted by Crippen LogP contribution is 2.30. The van der Waals surface area contributed by atoms with Crippen molar-refractivity contribution in [1.82, 2.24) is 9.88 Å². The lowest BCUT2D eigenvalue weighted by Crippen LogP contribution is -2.38. The third kappa shape index (κ3) is 3.59. The highest BCUT2D eigenvalue weighted by molar-refractivity contribution is 6.30. The molecule has 1 aromatic carbocycles. The van der Waals surface area contributed by atoms with Gasteiger partial charge in [-0.3, -0.25) is 4.79 Å². The molecule has 4 rings (SSSR count). The molecule has 0 spiro atoms. The van der Waals surface area contributed by atoms with Crippen LogP contribution in [0.25, 0.3) is 10.9 Å². The number of hydrogen-bond acceptors (Lipinski definition) is 3. The number of hydrogen-bond donors (Lipinski definition) is 0. The highest BCUT2D eigenvalue weighted by atomic mass is 35.5. The van der Waals surface area contributed by atoms with E-state index in [0.717, 1.165) is 47.7 Å². The first-order valence-electron chi connectivity index (χ1n) is 9.44. The first-order chi connectivity index (χ1) is 13.0. The molecule has 0 aliphatic heterocycles. The van der Waals surface area contributed by atoms with Crippen LogP contribution in [0.15, 0.2) is 41.0 Å². The van der Waals surface area contributed by atoms with Crippen LogP contribution >= 0.6 is 11.6 Å². The normalized spacial score (nSPS) is 14.8. The van der Waals surface area contributed by atoms with E-state index in [2.05, 4.69) is 30.1 Å². The van der Waals surface area contributed by atoms with E-state index >= 15 is 0 Å². The predicted octanol–water partition coefficient (Wildman–Crippen LogP) is 5.68. The van der Waals surface area contributed by atoms with Gasteiger partial charge in [-0.2, -0.15) is 0 Å². The standard InChI is InChI=1S/C22H23ClN2O2/c1-14-10-15(2)20-16(11-14)12-17(21(23)24-20)13-25(18-6-3-4-7-18)22(26)19-8-5-9-27-19/h5,8-12,18H,3-4,6-7,13H2,1-2H3. The third-order valence-electron chi connectivity index (χ3n) is 5.38. The molecule has 0 bridgehead atoms. The van der Waals surface area contributed by atoms with E-state index < -0.39 is 0 Å². The maximum atomic E-state index is 13.0. The van der Waals surface area contributed by atoms with E-state index in [-0.39, 0.29) is 11.9 Å². The molecule has 1 amide bonds. The zero-order valence-electron chi connectivity index (χ0n) is 15.7. The summed E-state index contributed by atoms with van der Waals surface area (Å²) < 4.78 is 5.37. The van der Waals surface area contributed by atoms with Crippen LogP contribution in [0.1, 0.15) is 52.9 Å². The zero-order valence-corrected chi connectivity index (χ0v) is 16.4. The van der Waals surface area contributed by atoms with Gasteiger partial charge >= 0.3 is 0 Å². The fourth-order valence-electron chi connectivity index (χ4n) is 4.09. The molecule has 0 saturated heterocycles. The van der Waals surface area contributed by atoms with Crippen LogP contribution in [0.3, 0.4) is 0 Å². The summed E-state index contributed by atoms with van der Waals surface area (Å²) in [5, 5.41) is 1.52. The fraction of sp³-hybridized carbons (Fsp3) is 0.364. The van der Waals surface area contributed by atoms with Gasteiger partial charge in [0.2, 0.25) is 0 Å². The van der Waals surface area contributed by atoms with E-state index in [1.54, 1.807) is 12.1 Å². The Morgan fingerprint density at radius 1 is 1.26 bits per heavy atom. The number of pyridine rings is 1. The van der Waals surface area contributed by atoms with Crippen molar-refractivity contribution in [2.24, 2.45) is 0 Å². The van der Waals surface area contributed by atoms with Crippen LogP contribution in [0.2, 0.25) is 5.15 Å². The number of rotatable bonds is 4. The number of furan rings is 1. The lowest BCUT2D eigenvalue weighted by atomic mass is 10.0. The number of carbonyl (C=O) groups excluding carboxylic acids is 1. The average molecular weight is 383 g/mol. The van der Waals surface area contributed by atoms with Crippen molar-refractivity contribution in [3.05, 3.63) is 64.2 Å². The summed E-state index contributed by atoms with van der Waals surface area (Å²) in [5.74, 6) is 0.293. The van der Waals surface area contributed by atoms with Gasteiger partial charge in [-0.05, 0) is 56.5 Å². The number of carbonyl (C=O) groups is 1. The minimum absolute atomic E-state index is 0.0801. The molecule has 140 valence electrons. The Hall–Kier alpha value is -2.33. The number of nitrogens with zero attached hydrogens (tertiary/aromatic N) is 2. The smallest absolute Gasteiger partial charge is 0.290 e. The number of aryl methyl sites for hydroxylation is 2. The summed E-state index contributed by atoms with van der Waals surface area (Å²) in [5.41, 5.74) is 4.09. The molecule has 0 radical (unpaired) electrons. The fourth-order valence-corrected chi connectivity index (χ4v) is 4.29. The van der Waals surface area contributed by atoms with Crippen LogP contribution in [-0.4, -0.2) is 21.8 Å². The number of amides is 1. The van der Waals surface area contributed by atoms with E-state index in [4.69, 9.17) is 16.0 Å². The predicted molar refractivity (Wildman–Crippen MR) is 107 cm³/mol. The second-order valence-electron chi connectivity index (χ2n) is 7.44. The summed E-state index contributed by atoms with van der Waals surface area (Å²) in [6.45, 7) is 4.56. The second-order valence-corrected chi connectivity index (χ2v) is 7.80. The van der Waals surface area contributed by atoms with Gasteiger partial charge in [0, 0.05) is 23.5 Å². The van der Waals surface area contributed by atoms with Crippen LogP contribution < -0.4 is 0 Å². The van der Waals surface area contributed by atoms with Gasteiger partial charge in [-0.15, -0.1) is 0 Å². The van der Waals surface area contributed by atoms with E-state index in [0.29, 0.717) is 17.5 Å². The third-order valence-corrected chi connectivity index (χ3v) is 5.71. The Bertz CT molecular complexity index is 976. The molecule has 3 aromatic rings. The van der Waals surface area contributed by atoms with Crippen molar-refractivity contribution >= 4 is 28.4 Å². The molecule has 1 saturated carbocycles. The van der Waals surface area contributed by atoms with Gasteiger partial charge in [0.05, 0.1) is 11.8 Å². The van der Waals surface area contributed by atoms with Crippen LogP contribution in [0.5, 0.6) is 0 Å². The molecular weight excluding hydrogens is 360 g/mol. The Morgan fingerprint density at radius 2 is 2.04 bits per heavy atom. The molecule has 0 unspecified atom stereocenters. The van der Waals surface area contributed by atoms with Gasteiger partial charge in [-0.25, -0.2) is 4.98 Å². The van der Waals surface area contributed by atoms with Crippen LogP contribution in [-0.2, 0) is 6.54 Å². The molecule has 1 fully saturated rings. The molecule has 1 aliphatic carbocycles. The molecule has 2 heterocycles. The van der Waals surface area contributed by atoms with Crippen LogP contribution in [0.4, 0.5) is 0 Å². The monoisotopic (exact) mass is 382 g/mol. The first kappa shape index (κ1) is 18.1. The lowest BCUT2D eigenvalue weighted by Gasteiger charge is -2.28. The highest BCUT2D eigenvalue weighted by Gasteiger charge is 2.29. The summed E-state index contributed by atoms with van der Waals surface area (Å²) in [6.07, 6.45) is 5.87. The van der Waals surface area contributed by atoms with Gasteiger partial charge in [0.25, 0.3) is 5.91 Å². The summed E-state index contributed by atoms with van der Waals surface area (Å²) in [4.78, 5) is 19.6. The largest absolute Gasteiger partial charge is 0.459 e. The topological polar surface area (TPSA) is 46.3 Å². The molecule has 4 nitrogen and oxygen atoms in total. The molecule has 0 atom stereocenters. The van der Waals surface area contributed by atoms with Crippen LogP contribution in [0, 0.1) is 13.8 Å². The number of aromatic nitrogens is 1. The maximum Gasteiger partial charge on any atom is 0.290 e. The Labute approximate surface area is 164 Å². The SMILES string of the molecule is Cc1cc(C)c2nc(Cl)c(CN(C(=O)c3ccco3)C3CCCC3)cc2c1. The molecule has 27 heavy (non-hydrogen) atoms.